The zero-order chi connectivity index (χ0) is 46.9. The minimum atomic E-state index is -2.04. The molecule has 0 aliphatic carbocycles. The van der Waals surface area contributed by atoms with E-state index in [0.29, 0.717) is 0 Å². The zero-order valence-corrected chi connectivity index (χ0v) is 35.7. The van der Waals surface area contributed by atoms with Crippen molar-refractivity contribution in [3.8, 4) is 0 Å². The third kappa shape index (κ3) is 17.3. The maximum atomic E-state index is 13.3. The van der Waals surface area contributed by atoms with Crippen LogP contribution in [-0.4, -0.2) is 160 Å². The lowest BCUT2D eigenvalue weighted by Crippen LogP contribution is -2.66. The van der Waals surface area contributed by atoms with Gasteiger partial charge < -0.3 is 66.9 Å². The van der Waals surface area contributed by atoms with Gasteiger partial charge in [0, 0.05) is 68.7 Å². The van der Waals surface area contributed by atoms with E-state index < -0.39 is 160 Å². The monoisotopic (exact) mass is 891 g/mol. The molecule has 2 aliphatic rings. The Morgan fingerprint density at radius 2 is 0.790 bits per heavy atom. The van der Waals surface area contributed by atoms with Gasteiger partial charge in [-0.3, -0.25) is 47.9 Å². The molecule has 2 aliphatic heterocycles. The minimum Gasteiger partial charge on any atom is -0.463 e. The van der Waals surface area contributed by atoms with Crippen LogP contribution in [0.15, 0.2) is 12.7 Å². The first kappa shape index (κ1) is 52.4. The molecule has 1 N–H and O–H groups in total. The molecule has 2 rings (SSSR count). The van der Waals surface area contributed by atoms with E-state index in [9.17, 15) is 47.9 Å². The predicted molar refractivity (Wildman–Crippen MR) is 198 cm³/mol. The lowest BCUT2D eigenvalue weighted by atomic mass is 9.97. The molecule has 1 amide bonds. The third-order valence-electron chi connectivity index (χ3n) is 8.23. The molecule has 2 fully saturated rings. The number of carbonyl (C=O) groups excluding carboxylic acids is 10. The molecular formula is C38H53NO23. The number of nitrogens with one attached hydrogen (secondary N) is 1. The predicted octanol–water partition coefficient (Wildman–Crippen LogP) is -0.820. The SMILES string of the molecule is C=CCC(=O)NC(COC(C)=O)(CO[C@@H]1O[C@H](COC(C)=O)[C@@H](OC(C)=O)[C@H](OC(C)=O)[C@H]1OC(C)=O)CO[C@@H]1O[C@H](COC(C)=O)[C@@H](OC(C)=O)[C@H](OC(C)=O)[C@H]1OC(C)=O. The van der Waals surface area contributed by atoms with E-state index >= 15 is 0 Å². The third-order valence-corrected chi connectivity index (χ3v) is 8.23. The second-order valence-corrected chi connectivity index (χ2v) is 13.9. The van der Waals surface area contributed by atoms with Gasteiger partial charge in [0.2, 0.25) is 5.91 Å². The van der Waals surface area contributed by atoms with Crippen molar-refractivity contribution in [2.75, 3.05) is 33.0 Å². The van der Waals surface area contributed by atoms with Crippen molar-refractivity contribution in [2.45, 2.75) is 136 Å². The van der Waals surface area contributed by atoms with Crippen LogP contribution in [0.3, 0.4) is 0 Å². The van der Waals surface area contributed by atoms with E-state index in [-0.39, 0.29) is 6.42 Å². The molecule has 10 atom stereocenters. The first-order chi connectivity index (χ1) is 29.0. The van der Waals surface area contributed by atoms with Gasteiger partial charge in [0.1, 0.15) is 37.6 Å². The van der Waals surface area contributed by atoms with Crippen LogP contribution in [0.4, 0.5) is 0 Å². The molecular weight excluding hydrogens is 838 g/mol. The van der Waals surface area contributed by atoms with Crippen LogP contribution in [0, 0.1) is 0 Å². The van der Waals surface area contributed by atoms with Gasteiger partial charge in [0.25, 0.3) is 0 Å². The fourth-order valence-electron chi connectivity index (χ4n) is 6.08. The molecule has 2 heterocycles. The van der Waals surface area contributed by atoms with Gasteiger partial charge in [0.15, 0.2) is 49.2 Å². The van der Waals surface area contributed by atoms with Crippen LogP contribution < -0.4 is 5.32 Å². The number of esters is 9. The quantitative estimate of drug-likeness (QED) is 0.0836. The van der Waals surface area contributed by atoms with E-state index in [2.05, 4.69) is 11.9 Å². The summed E-state index contributed by atoms with van der Waals surface area (Å²) < 4.78 is 72.4. The number of amides is 1. The van der Waals surface area contributed by atoms with Crippen LogP contribution in [0.5, 0.6) is 0 Å². The average Bonchev–Trinajstić information content (AvgIpc) is 3.13. The molecule has 24 heteroatoms. The van der Waals surface area contributed by atoms with E-state index in [1.54, 1.807) is 0 Å². The average molecular weight is 892 g/mol. The summed E-state index contributed by atoms with van der Waals surface area (Å²) in [6.45, 7) is 9.16. The van der Waals surface area contributed by atoms with Crippen molar-refractivity contribution >= 4 is 59.6 Å². The van der Waals surface area contributed by atoms with Crippen molar-refractivity contribution in [2.24, 2.45) is 0 Å². The highest BCUT2D eigenvalue weighted by atomic mass is 16.8. The van der Waals surface area contributed by atoms with Gasteiger partial charge in [-0.15, -0.1) is 6.58 Å². The molecule has 348 valence electrons. The fraction of sp³-hybridized carbons (Fsp3) is 0.684. The molecule has 0 radical (unpaired) electrons. The Morgan fingerprint density at radius 1 is 0.468 bits per heavy atom. The summed E-state index contributed by atoms with van der Waals surface area (Å²) in [5.41, 5.74) is -2.04. The van der Waals surface area contributed by atoms with Crippen molar-refractivity contribution in [3.63, 3.8) is 0 Å². The molecule has 2 saturated heterocycles. The highest BCUT2D eigenvalue weighted by molar-refractivity contribution is 5.78. The van der Waals surface area contributed by atoms with Crippen LogP contribution in [0.2, 0.25) is 0 Å². The molecule has 0 bridgehead atoms. The highest BCUT2D eigenvalue weighted by Crippen LogP contribution is 2.33. The number of ether oxygens (including phenoxy) is 13. The van der Waals surface area contributed by atoms with E-state index in [1.807, 2.05) is 0 Å². The van der Waals surface area contributed by atoms with E-state index in [1.165, 1.54) is 6.08 Å². The Labute approximate surface area is 355 Å². The number of hydrogen-bond acceptors (Lipinski definition) is 23. The Morgan fingerprint density at radius 3 is 1.10 bits per heavy atom. The normalized spacial score (nSPS) is 25.6. The summed E-state index contributed by atoms with van der Waals surface area (Å²) in [6.07, 6.45) is -15.5. The van der Waals surface area contributed by atoms with Crippen molar-refractivity contribution in [3.05, 3.63) is 12.7 Å². The molecule has 0 saturated carbocycles. The van der Waals surface area contributed by atoms with E-state index in [0.717, 1.165) is 62.3 Å². The van der Waals surface area contributed by atoms with Gasteiger partial charge in [-0.2, -0.15) is 0 Å². The Balaban J connectivity index is 2.77. The smallest absolute Gasteiger partial charge is 0.303 e. The lowest BCUT2D eigenvalue weighted by Gasteiger charge is -2.46. The number of carbonyl (C=O) groups is 10. The largest absolute Gasteiger partial charge is 0.463 e. The fourth-order valence-corrected chi connectivity index (χ4v) is 6.08. The maximum absolute atomic E-state index is 13.3. The molecule has 0 aromatic rings. The maximum Gasteiger partial charge on any atom is 0.303 e. The molecule has 0 aromatic heterocycles. The zero-order valence-electron chi connectivity index (χ0n) is 35.7. The van der Waals surface area contributed by atoms with Crippen LogP contribution >= 0.6 is 0 Å². The van der Waals surface area contributed by atoms with Gasteiger partial charge in [-0.1, -0.05) is 6.08 Å². The topological polar surface area (TPSA) is 303 Å². The Kier molecular flexibility index (Phi) is 20.8. The first-order valence-corrected chi connectivity index (χ1v) is 18.9. The Hall–Kier alpha value is -5.72. The molecule has 0 aromatic carbocycles. The Bertz CT molecular complexity index is 1570. The standard InChI is InChI=1S/C38H53NO23/c1-11-12-29(49)39-38(15-52-20(4)42,16-53-36-34(59-25(9)47)32(57-23(7)45)30(55-21(5)43)27(61-36)13-50-18(2)40)17-54-37-35(60-26(10)48)33(58-24(8)46)31(56-22(6)44)28(62-37)14-51-19(3)41/h11,27-28,30-37H,1,12-17H2,2-10H3,(H,39,49)/t27-,28-,30-,31-,32+,33+,34-,35-,36-,37-/m1/s1. The number of rotatable bonds is 21. The highest BCUT2D eigenvalue weighted by Gasteiger charge is 2.55. The van der Waals surface area contributed by atoms with Crippen LogP contribution in [0.1, 0.15) is 68.7 Å². The molecule has 24 nitrogen and oxygen atoms in total. The lowest BCUT2D eigenvalue weighted by molar-refractivity contribution is -0.320. The van der Waals surface area contributed by atoms with Gasteiger partial charge >= 0.3 is 53.7 Å². The molecule has 62 heavy (non-hydrogen) atoms. The summed E-state index contributed by atoms with van der Waals surface area (Å²) >= 11 is 0. The summed E-state index contributed by atoms with van der Waals surface area (Å²) in [7, 11) is 0. The van der Waals surface area contributed by atoms with Gasteiger partial charge in [-0.05, 0) is 0 Å². The summed E-state index contributed by atoms with van der Waals surface area (Å²) in [5, 5.41) is 2.62. The molecule has 0 spiro atoms. The van der Waals surface area contributed by atoms with E-state index in [4.69, 9.17) is 61.6 Å². The van der Waals surface area contributed by atoms with Crippen molar-refractivity contribution < 1.29 is 110 Å². The van der Waals surface area contributed by atoms with Crippen LogP contribution in [-0.2, 0) is 110 Å². The first-order valence-electron chi connectivity index (χ1n) is 18.9. The second-order valence-electron chi connectivity index (χ2n) is 13.9. The second kappa shape index (κ2) is 24.7. The molecule has 0 unspecified atom stereocenters. The van der Waals surface area contributed by atoms with Gasteiger partial charge in [0.05, 0.1) is 13.2 Å². The number of hydrogen-bond donors (Lipinski definition) is 1. The van der Waals surface area contributed by atoms with Crippen molar-refractivity contribution in [1.82, 2.24) is 5.32 Å². The summed E-state index contributed by atoms with van der Waals surface area (Å²) in [6, 6.07) is 0. The van der Waals surface area contributed by atoms with Crippen molar-refractivity contribution in [1.29, 1.82) is 0 Å². The van der Waals surface area contributed by atoms with Crippen LogP contribution in [0.25, 0.3) is 0 Å². The summed E-state index contributed by atoms with van der Waals surface area (Å²) in [4.78, 5) is 123. The minimum absolute atomic E-state index is 0.333. The van der Waals surface area contributed by atoms with Gasteiger partial charge in [-0.25, -0.2) is 0 Å². The summed E-state index contributed by atoms with van der Waals surface area (Å²) in [5.74, 6) is -8.78.